The van der Waals surface area contributed by atoms with Crippen molar-refractivity contribution in [1.29, 1.82) is 0 Å². The fraction of sp³-hybridized carbons (Fsp3) is 0. The number of aromatic nitrogens is 1. The number of rotatable bonds is 10. The smallest absolute Gasteiger partial charge is 0.0617 e. The van der Waals surface area contributed by atoms with Crippen LogP contribution >= 0.6 is 0 Å². The van der Waals surface area contributed by atoms with Gasteiger partial charge in [0.15, 0.2) is 0 Å². The Morgan fingerprint density at radius 1 is 0.284 bits per heavy atom. The van der Waals surface area contributed by atoms with Crippen LogP contribution in [0.15, 0.2) is 279 Å². The summed E-state index contributed by atoms with van der Waals surface area (Å²) in [4.78, 5) is 2.43. The summed E-state index contributed by atoms with van der Waals surface area (Å²) >= 11 is -3.37. The summed E-state index contributed by atoms with van der Waals surface area (Å²) in [7, 11) is 0. The summed E-state index contributed by atoms with van der Waals surface area (Å²) in [6, 6.07) is 103. The van der Waals surface area contributed by atoms with Crippen molar-refractivity contribution in [2.24, 2.45) is 0 Å². The molecule has 3 heteroatoms. The van der Waals surface area contributed by atoms with Crippen molar-refractivity contribution in [3.63, 3.8) is 0 Å². The Morgan fingerprint density at radius 3 is 1.33 bits per heavy atom. The molecular weight excluding hydrogens is 869 g/mol. The van der Waals surface area contributed by atoms with Gasteiger partial charge >= 0.3 is 256 Å². The first-order chi connectivity index (χ1) is 33.2. The van der Waals surface area contributed by atoms with Crippen LogP contribution in [-0.4, -0.2) is 17.8 Å². The van der Waals surface area contributed by atoms with E-state index >= 15 is 0 Å². The summed E-state index contributed by atoms with van der Waals surface area (Å²) in [6.45, 7) is 0. The third kappa shape index (κ3) is 7.14. The van der Waals surface area contributed by atoms with Crippen LogP contribution in [0.2, 0.25) is 0 Å². The van der Waals surface area contributed by atoms with Crippen LogP contribution in [0.5, 0.6) is 0 Å². The van der Waals surface area contributed by atoms with E-state index in [4.69, 9.17) is 0 Å². The number of hydrogen-bond acceptors (Lipinski definition) is 1. The van der Waals surface area contributed by atoms with Crippen LogP contribution in [-0.2, 0) is 0 Å². The summed E-state index contributed by atoms with van der Waals surface area (Å²) in [6.07, 6.45) is 0. The van der Waals surface area contributed by atoms with Crippen molar-refractivity contribution in [1.82, 2.24) is 4.57 Å². The van der Waals surface area contributed by atoms with Gasteiger partial charge in [-0.3, -0.25) is 0 Å². The number of para-hydroxylation sites is 1. The molecule has 1 heterocycles. The monoisotopic (exact) mass is 916 g/mol. The van der Waals surface area contributed by atoms with Crippen LogP contribution < -0.4 is 22.5 Å². The van der Waals surface area contributed by atoms with Gasteiger partial charge in [0.25, 0.3) is 0 Å². The second-order valence-electron chi connectivity index (χ2n) is 17.3. The number of fused-ring (bicyclic) bond motifs is 4. The molecule has 12 aromatic rings. The number of anilines is 3. The van der Waals surface area contributed by atoms with Crippen molar-refractivity contribution >= 4 is 80.5 Å². The Balaban J connectivity index is 0.955. The van der Waals surface area contributed by atoms with Crippen LogP contribution in [0, 0.1) is 0 Å². The second kappa shape index (κ2) is 17.3. The van der Waals surface area contributed by atoms with Crippen molar-refractivity contribution in [3.8, 4) is 27.9 Å². The average molecular weight is 916 g/mol. The van der Waals surface area contributed by atoms with Crippen molar-refractivity contribution in [3.05, 3.63) is 279 Å². The van der Waals surface area contributed by atoms with Gasteiger partial charge in [0.2, 0.25) is 0 Å². The molecule has 0 bridgehead atoms. The maximum atomic E-state index is 2.43. The fourth-order valence-corrected chi connectivity index (χ4v) is 20.4. The van der Waals surface area contributed by atoms with E-state index in [-0.39, 0.29) is 0 Å². The summed E-state index contributed by atoms with van der Waals surface area (Å²) < 4.78 is 8.08. The van der Waals surface area contributed by atoms with E-state index in [2.05, 4.69) is 289 Å². The molecule has 2 nitrogen and oxygen atoms in total. The molecule has 0 atom stereocenters. The second-order valence-corrected chi connectivity index (χ2v) is 25.3. The van der Waals surface area contributed by atoms with Crippen molar-refractivity contribution in [2.45, 2.75) is 0 Å². The van der Waals surface area contributed by atoms with Gasteiger partial charge in [0.1, 0.15) is 0 Å². The first kappa shape index (κ1) is 40.3. The molecule has 12 rings (SSSR count). The van der Waals surface area contributed by atoms with Crippen LogP contribution in [0.25, 0.3) is 60.5 Å². The fourth-order valence-electron chi connectivity index (χ4n) is 10.4. The normalized spacial score (nSPS) is 11.6. The molecule has 67 heavy (non-hydrogen) atoms. The summed E-state index contributed by atoms with van der Waals surface area (Å²) in [5.41, 5.74) is 11.7. The molecule has 0 fully saturated rings. The third-order valence-electron chi connectivity index (χ3n) is 13.6. The van der Waals surface area contributed by atoms with Gasteiger partial charge in [-0.1, -0.05) is 84.9 Å². The van der Waals surface area contributed by atoms with Gasteiger partial charge in [-0.05, 0) is 29.3 Å². The molecule has 0 amide bonds. The van der Waals surface area contributed by atoms with Crippen LogP contribution in [0.3, 0.4) is 0 Å². The maximum absolute atomic E-state index is 3.37. The Labute approximate surface area is 394 Å². The van der Waals surface area contributed by atoms with Crippen molar-refractivity contribution in [2.75, 3.05) is 4.90 Å². The van der Waals surface area contributed by atoms with E-state index in [1.165, 1.54) is 72.4 Å². The van der Waals surface area contributed by atoms with E-state index in [0.717, 1.165) is 22.7 Å². The van der Waals surface area contributed by atoms with E-state index in [0.29, 0.717) is 0 Å². The summed E-state index contributed by atoms with van der Waals surface area (Å²) in [5.74, 6) is 0. The first-order valence-electron chi connectivity index (χ1n) is 23.1. The number of nitrogens with zero attached hydrogens (tertiary/aromatic N) is 2. The number of hydrogen-bond donors (Lipinski definition) is 0. The minimum Gasteiger partial charge on any atom is -0.0617 e. The molecule has 11 aromatic carbocycles. The quantitative estimate of drug-likeness (QED) is 0.124. The average Bonchev–Trinajstić information content (AvgIpc) is 3.74. The van der Waals surface area contributed by atoms with Crippen LogP contribution in [0.4, 0.5) is 17.1 Å². The third-order valence-corrected chi connectivity index (χ3v) is 23.6. The first-order valence-corrected chi connectivity index (χ1v) is 27.3. The molecular formula is C64H46GeN2. The van der Waals surface area contributed by atoms with E-state index < -0.39 is 13.3 Å². The molecule has 0 aliphatic rings. The van der Waals surface area contributed by atoms with Crippen molar-refractivity contribution < 1.29 is 0 Å². The van der Waals surface area contributed by atoms with Crippen LogP contribution in [0.1, 0.15) is 0 Å². The van der Waals surface area contributed by atoms with Gasteiger partial charge in [0.05, 0.1) is 11.0 Å². The minimum atomic E-state index is -3.37. The minimum absolute atomic E-state index is 1.10. The van der Waals surface area contributed by atoms with Gasteiger partial charge in [-0.25, -0.2) is 0 Å². The summed E-state index contributed by atoms with van der Waals surface area (Å²) in [5, 5.41) is 4.85. The topological polar surface area (TPSA) is 8.17 Å². The molecule has 1 aromatic heterocycles. The van der Waals surface area contributed by atoms with Gasteiger partial charge in [0, 0.05) is 11.1 Å². The van der Waals surface area contributed by atoms with Gasteiger partial charge in [-0.2, -0.15) is 0 Å². The van der Waals surface area contributed by atoms with E-state index in [1.54, 1.807) is 0 Å². The zero-order valence-corrected chi connectivity index (χ0v) is 39.1. The molecule has 0 unspecified atom stereocenters. The van der Waals surface area contributed by atoms with Gasteiger partial charge in [-0.15, -0.1) is 0 Å². The molecule has 0 radical (unpaired) electrons. The molecule has 0 saturated heterocycles. The Bertz CT molecular complexity index is 3540. The zero-order chi connectivity index (χ0) is 44.6. The molecule has 0 N–H and O–H groups in total. The predicted octanol–water partition coefficient (Wildman–Crippen LogP) is 14.1. The van der Waals surface area contributed by atoms with E-state index in [1.807, 2.05) is 0 Å². The molecule has 0 spiro atoms. The predicted molar refractivity (Wildman–Crippen MR) is 287 cm³/mol. The molecule has 0 saturated carbocycles. The Morgan fingerprint density at radius 2 is 0.716 bits per heavy atom. The standard InChI is InChI=1S/C64H46GeN2/c1-5-18-47(19-6-1)49-36-42-57(43-37-49)67-63-30-16-15-29-60(63)61-46-58(44-45-64(61)67)66(62-31-17-21-51-20-13-14-28-59(51)62)56-40-34-50(35-41-56)48-32-38-55(39-33-48)65(52-22-7-2-8-23-52,53-24-9-3-10-25-53)54-26-11-4-12-27-54/h1-46H. The van der Waals surface area contributed by atoms with E-state index in [9.17, 15) is 0 Å². The Kier molecular flexibility index (Phi) is 10.4. The Hall–Kier alpha value is -8.18. The molecule has 0 aliphatic heterocycles. The SMILES string of the molecule is c1ccc(-c2ccc(-n3c4ccccc4c4cc(N(c5ccc(-c6cc[c]([Ge]([c]7ccccc7)([c]7ccccc7)[c]7ccccc7)cc6)cc5)c5cccc6ccccc56)ccc43)cc2)cc1. The van der Waals surface area contributed by atoms with Gasteiger partial charge < -0.3 is 4.57 Å². The molecule has 316 valence electrons. The molecule has 0 aliphatic carbocycles. The number of benzene rings is 11. The zero-order valence-electron chi connectivity index (χ0n) is 37.0.